The number of carbonyl (C=O) groups is 2. The standard InChI is InChI=1S/C26H23F2NO5S/c27-23-12-5-18(16-24(23)28)15-21(30)14-17-3-6-19(7-4-17)20-8-10-22(11-9-20)35(33,34)29-13-1-2-25(29)26(31)32/h3-12,16,25H,1-2,13-15H2,(H,31,32)/t25-/m0/s1. The molecular weight excluding hydrogens is 476 g/mol. The van der Waals surface area contributed by atoms with Crippen LogP contribution in [0.1, 0.15) is 24.0 Å². The summed E-state index contributed by atoms with van der Waals surface area (Å²) in [6.07, 6.45) is 0.928. The van der Waals surface area contributed by atoms with Gasteiger partial charge in [0.1, 0.15) is 11.8 Å². The Kier molecular flexibility index (Phi) is 7.09. The number of carboxylic acids is 1. The van der Waals surface area contributed by atoms with E-state index in [-0.39, 0.29) is 30.1 Å². The quantitative estimate of drug-likeness (QED) is 0.501. The van der Waals surface area contributed by atoms with Crippen molar-refractivity contribution in [2.45, 2.75) is 36.6 Å². The number of hydrogen-bond donors (Lipinski definition) is 1. The monoisotopic (exact) mass is 499 g/mol. The molecule has 0 unspecified atom stereocenters. The maximum atomic E-state index is 13.3. The van der Waals surface area contributed by atoms with Crippen LogP contribution in [0, 0.1) is 11.6 Å². The van der Waals surface area contributed by atoms with Gasteiger partial charge in [0.15, 0.2) is 11.6 Å². The number of nitrogens with zero attached hydrogens (tertiary/aromatic N) is 1. The lowest BCUT2D eigenvalue weighted by molar-refractivity contribution is -0.140. The Labute approximate surface area is 201 Å². The minimum absolute atomic E-state index is 0.00532. The predicted molar refractivity (Wildman–Crippen MR) is 125 cm³/mol. The van der Waals surface area contributed by atoms with Gasteiger partial charge >= 0.3 is 5.97 Å². The molecule has 1 fully saturated rings. The van der Waals surface area contributed by atoms with Crippen LogP contribution in [0.4, 0.5) is 8.78 Å². The molecule has 1 aliphatic heterocycles. The Hall–Kier alpha value is -3.43. The SMILES string of the molecule is O=C(Cc1ccc(-c2ccc(S(=O)(=O)N3CCC[C@H]3C(=O)O)cc2)cc1)Cc1ccc(F)c(F)c1. The van der Waals surface area contributed by atoms with E-state index in [1.165, 1.54) is 18.2 Å². The number of aliphatic carboxylic acids is 1. The second kappa shape index (κ2) is 10.1. The molecular formula is C26H23F2NO5S. The van der Waals surface area contributed by atoms with Gasteiger partial charge in [-0.2, -0.15) is 4.31 Å². The molecule has 0 radical (unpaired) electrons. The van der Waals surface area contributed by atoms with Crippen LogP contribution in [0.5, 0.6) is 0 Å². The van der Waals surface area contributed by atoms with Crippen molar-refractivity contribution >= 4 is 21.8 Å². The summed E-state index contributed by atoms with van der Waals surface area (Å²) in [6, 6.07) is 15.8. The molecule has 3 aromatic rings. The first-order valence-electron chi connectivity index (χ1n) is 11.0. The predicted octanol–water partition coefficient (Wildman–Crippen LogP) is 4.22. The molecule has 0 saturated carbocycles. The van der Waals surface area contributed by atoms with E-state index in [1.54, 1.807) is 24.3 Å². The third-order valence-electron chi connectivity index (χ3n) is 6.02. The lowest BCUT2D eigenvalue weighted by atomic mass is 9.99. The second-order valence-electron chi connectivity index (χ2n) is 8.47. The molecule has 6 nitrogen and oxygen atoms in total. The number of hydrogen-bond acceptors (Lipinski definition) is 4. The Morgan fingerprint density at radius 3 is 2.03 bits per heavy atom. The van der Waals surface area contributed by atoms with E-state index in [0.29, 0.717) is 18.4 Å². The number of benzene rings is 3. The first-order valence-corrected chi connectivity index (χ1v) is 12.5. The molecule has 4 rings (SSSR count). The number of sulfonamides is 1. The van der Waals surface area contributed by atoms with E-state index in [4.69, 9.17) is 0 Å². The van der Waals surface area contributed by atoms with Gasteiger partial charge in [-0.25, -0.2) is 17.2 Å². The summed E-state index contributed by atoms with van der Waals surface area (Å²) >= 11 is 0. The van der Waals surface area contributed by atoms with Crippen molar-refractivity contribution in [2.24, 2.45) is 0 Å². The zero-order valence-corrected chi connectivity index (χ0v) is 19.5. The van der Waals surface area contributed by atoms with Gasteiger partial charge in [0.25, 0.3) is 0 Å². The van der Waals surface area contributed by atoms with Gasteiger partial charge in [-0.1, -0.05) is 42.5 Å². The highest BCUT2D eigenvalue weighted by Crippen LogP contribution is 2.28. The molecule has 0 aliphatic carbocycles. The molecule has 3 aromatic carbocycles. The van der Waals surface area contributed by atoms with Crippen molar-refractivity contribution in [1.29, 1.82) is 0 Å². The fourth-order valence-electron chi connectivity index (χ4n) is 4.21. The molecule has 0 spiro atoms. The lowest BCUT2D eigenvalue weighted by Crippen LogP contribution is -2.40. The van der Waals surface area contributed by atoms with E-state index in [9.17, 15) is 31.9 Å². The number of rotatable bonds is 8. The number of ketones is 1. The summed E-state index contributed by atoms with van der Waals surface area (Å²) < 4.78 is 53.2. The smallest absolute Gasteiger partial charge is 0.322 e. The van der Waals surface area contributed by atoms with Crippen LogP contribution in [0.3, 0.4) is 0 Å². The Morgan fingerprint density at radius 2 is 1.43 bits per heavy atom. The largest absolute Gasteiger partial charge is 0.480 e. The van der Waals surface area contributed by atoms with Crippen LogP contribution in [0.15, 0.2) is 71.6 Å². The van der Waals surface area contributed by atoms with Crippen LogP contribution in [-0.4, -0.2) is 42.2 Å². The fraction of sp³-hybridized carbons (Fsp3) is 0.231. The molecule has 0 bridgehead atoms. The molecule has 0 aromatic heterocycles. The van der Waals surface area contributed by atoms with E-state index in [2.05, 4.69) is 0 Å². The second-order valence-corrected chi connectivity index (χ2v) is 10.4. The molecule has 35 heavy (non-hydrogen) atoms. The van der Waals surface area contributed by atoms with Crippen molar-refractivity contribution < 1.29 is 31.9 Å². The van der Waals surface area contributed by atoms with Gasteiger partial charge in [-0.15, -0.1) is 0 Å². The van der Waals surface area contributed by atoms with Crippen molar-refractivity contribution in [3.8, 4) is 11.1 Å². The maximum absolute atomic E-state index is 13.3. The summed E-state index contributed by atoms with van der Waals surface area (Å²) in [5.74, 6) is -3.23. The van der Waals surface area contributed by atoms with E-state index < -0.39 is 33.7 Å². The average Bonchev–Trinajstić information content (AvgIpc) is 3.34. The molecule has 182 valence electrons. The highest BCUT2D eigenvalue weighted by molar-refractivity contribution is 7.89. The summed E-state index contributed by atoms with van der Waals surface area (Å²) in [5, 5.41) is 9.30. The highest BCUT2D eigenvalue weighted by atomic mass is 32.2. The zero-order valence-electron chi connectivity index (χ0n) is 18.7. The molecule has 1 saturated heterocycles. The summed E-state index contributed by atoms with van der Waals surface area (Å²) in [6.45, 7) is 0.178. The van der Waals surface area contributed by atoms with Crippen LogP contribution < -0.4 is 0 Å². The van der Waals surface area contributed by atoms with Crippen LogP contribution in [-0.2, 0) is 32.5 Å². The molecule has 1 atom stereocenters. The van der Waals surface area contributed by atoms with Crippen LogP contribution >= 0.6 is 0 Å². The molecule has 1 heterocycles. The van der Waals surface area contributed by atoms with Gasteiger partial charge in [0, 0.05) is 19.4 Å². The van der Waals surface area contributed by atoms with Crippen molar-refractivity contribution in [3.05, 3.63) is 89.5 Å². The first kappa shape index (κ1) is 24.7. The third kappa shape index (κ3) is 5.47. The molecule has 1 N–H and O–H groups in total. The van der Waals surface area contributed by atoms with Crippen molar-refractivity contribution in [2.75, 3.05) is 6.54 Å². The summed E-state index contributed by atoms with van der Waals surface area (Å²) in [7, 11) is -3.91. The Morgan fingerprint density at radius 1 is 0.857 bits per heavy atom. The van der Waals surface area contributed by atoms with Gasteiger partial charge in [-0.05, 0) is 59.4 Å². The normalized spacial score (nSPS) is 16.3. The summed E-state index contributed by atoms with van der Waals surface area (Å²) in [4.78, 5) is 23.7. The van der Waals surface area contributed by atoms with Gasteiger partial charge in [-0.3, -0.25) is 9.59 Å². The molecule has 9 heteroatoms. The first-order chi connectivity index (χ1) is 16.6. The Bertz CT molecular complexity index is 1360. The molecule has 0 amide bonds. The van der Waals surface area contributed by atoms with Crippen molar-refractivity contribution in [3.63, 3.8) is 0 Å². The minimum Gasteiger partial charge on any atom is -0.480 e. The van der Waals surface area contributed by atoms with E-state index in [1.807, 2.05) is 12.1 Å². The van der Waals surface area contributed by atoms with Crippen LogP contribution in [0.2, 0.25) is 0 Å². The number of carbonyl (C=O) groups excluding carboxylic acids is 1. The van der Waals surface area contributed by atoms with E-state index >= 15 is 0 Å². The number of carboxylic acid groups (broad SMARTS) is 1. The average molecular weight is 500 g/mol. The van der Waals surface area contributed by atoms with Gasteiger partial charge in [0.2, 0.25) is 10.0 Å². The van der Waals surface area contributed by atoms with Crippen molar-refractivity contribution in [1.82, 2.24) is 4.31 Å². The fourth-order valence-corrected chi connectivity index (χ4v) is 5.86. The van der Waals surface area contributed by atoms with Crippen LogP contribution in [0.25, 0.3) is 11.1 Å². The van der Waals surface area contributed by atoms with Gasteiger partial charge in [0.05, 0.1) is 4.90 Å². The van der Waals surface area contributed by atoms with E-state index in [0.717, 1.165) is 33.1 Å². The Balaban J connectivity index is 1.42. The molecule has 1 aliphatic rings. The topological polar surface area (TPSA) is 91.8 Å². The maximum Gasteiger partial charge on any atom is 0.322 e. The number of halogens is 2. The minimum atomic E-state index is -3.91. The lowest BCUT2D eigenvalue weighted by Gasteiger charge is -2.21. The van der Waals surface area contributed by atoms with Gasteiger partial charge < -0.3 is 5.11 Å². The summed E-state index contributed by atoms with van der Waals surface area (Å²) in [5.41, 5.74) is 2.74. The number of Topliss-reactive ketones (excluding diaryl/α,β-unsaturated/α-hetero) is 1. The highest BCUT2D eigenvalue weighted by Gasteiger charge is 2.39. The zero-order chi connectivity index (χ0) is 25.2. The third-order valence-corrected chi connectivity index (χ3v) is 7.95.